The first-order valence-electron chi connectivity index (χ1n) is 9.13. The molecular weight excluding hydrogens is 415 g/mol. The summed E-state index contributed by atoms with van der Waals surface area (Å²) in [6.07, 6.45) is 1.17. The molecule has 30 heavy (non-hydrogen) atoms. The molecule has 0 saturated carbocycles. The van der Waals surface area contributed by atoms with Gasteiger partial charge in [0, 0.05) is 17.3 Å². The van der Waals surface area contributed by atoms with Gasteiger partial charge in [-0.25, -0.2) is 9.18 Å². The van der Waals surface area contributed by atoms with Crippen molar-refractivity contribution in [3.63, 3.8) is 0 Å². The number of hydrogen-bond acceptors (Lipinski definition) is 5. The topological polar surface area (TPSA) is 102 Å². The van der Waals surface area contributed by atoms with Crippen LogP contribution in [0.2, 0.25) is 5.02 Å². The number of aliphatic hydroxyl groups is 1. The molecule has 3 aromatic rings. The summed E-state index contributed by atoms with van der Waals surface area (Å²) in [4.78, 5) is 28.9. The van der Waals surface area contributed by atoms with Crippen molar-refractivity contribution in [3.8, 4) is 17.0 Å². The molecule has 9 heteroatoms. The summed E-state index contributed by atoms with van der Waals surface area (Å²) in [7, 11) is 1.35. The van der Waals surface area contributed by atoms with Crippen molar-refractivity contribution < 1.29 is 24.1 Å². The standard InChI is InChI=1S/C21H20ClFN2O5/c1-10(2)16(9-26)25-8-14(21(28)29)18(27)13-7-12(20(30-3)24-19(13)25)11-5-4-6-15(22)17(11)23/h4-8,10,16,26H,9H2,1-3H3,(H,28,29)/t16-/m1/s1. The second-order valence-corrected chi connectivity index (χ2v) is 7.50. The van der Waals surface area contributed by atoms with Gasteiger partial charge in [0.15, 0.2) is 0 Å². The Balaban J connectivity index is 2.47. The smallest absolute Gasteiger partial charge is 0.341 e. The number of methoxy groups -OCH3 is 1. The predicted molar refractivity (Wildman–Crippen MR) is 111 cm³/mol. The molecule has 0 aliphatic heterocycles. The van der Waals surface area contributed by atoms with E-state index in [0.717, 1.165) is 0 Å². The minimum Gasteiger partial charge on any atom is -0.480 e. The van der Waals surface area contributed by atoms with Gasteiger partial charge in [0.1, 0.15) is 17.0 Å². The van der Waals surface area contributed by atoms with Crippen molar-refractivity contribution in [1.82, 2.24) is 9.55 Å². The number of aromatic nitrogens is 2. The van der Waals surface area contributed by atoms with Gasteiger partial charge in [-0.15, -0.1) is 0 Å². The Morgan fingerprint density at radius 2 is 2.03 bits per heavy atom. The quantitative estimate of drug-likeness (QED) is 0.612. The number of aromatic carboxylic acids is 1. The van der Waals surface area contributed by atoms with E-state index in [9.17, 15) is 24.2 Å². The zero-order valence-electron chi connectivity index (χ0n) is 16.5. The van der Waals surface area contributed by atoms with Gasteiger partial charge in [-0.2, -0.15) is 4.98 Å². The number of halogens is 2. The van der Waals surface area contributed by atoms with Gasteiger partial charge < -0.3 is 19.5 Å². The summed E-state index contributed by atoms with van der Waals surface area (Å²) in [5.74, 6) is -2.20. The molecular formula is C21H20ClFN2O5. The number of pyridine rings is 2. The molecule has 0 bridgehead atoms. The first-order valence-corrected chi connectivity index (χ1v) is 9.51. The average molecular weight is 435 g/mol. The maximum Gasteiger partial charge on any atom is 0.341 e. The zero-order chi connectivity index (χ0) is 22.2. The molecule has 0 spiro atoms. The molecule has 0 aliphatic rings. The van der Waals surface area contributed by atoms with Gasteiger partial charge in [0.05, 0.1) is 30.2 Å². The number of benzene rings is 1. The number of carbonyl (C=O) groups is 1. The predicted octanol–water partition coefficient (Wildman–Crippen LogP) is 3.75. The third-order valence-corrected chi connectivity index (χ3v) is 5.24. The normalized spacial score (nSPS) is 12.4. The Labute approximate surface area is 176 Å². The van der Waals surface area contributed by atoms with Crippen LogP contribution in [0.5, 0.6) is 5.88 Å². The highest BCUT2D eigenvalue weighted by Gasteiger charge is 2.24. The second-order valence-electron chi connectivity index (χ2n) is 7.10. The molecule has 0 unspecified atom stereocenters. The van der Waals surface area contributed by atoms with E-state index in [4.69, 9.17) is 16.3 Å². The van der Waals surface area contributed by atoms with Crippen LogP contribution in [0.4, 0.5) is 4.39 Å². The molecule has 1 aromatic carbocycles. The molecule has 0 amide bonds. The Morgan fingerprint density at radius 1 is 1.33 bits per heavy atom. The van der Waals surface area contributed by atoms with Crippen LogP contribution in [0, 0.1) is 11.7 Å². The maximum absolute atomic E-state index is 14.7. The van der Waals surface area contributed by atoms with Gasteiger partial charge in [0.25, 0.3) is 0 Å². The van der Waals surface area contributed by atoms with Crippen molar-refractivity contribution in [1.29, 1.82) is 0 Å². The highest BCUT2D eigenvalue weighted by Crippen LogP contribution is 2.35. The van der Waals surface area contributed by atoms with Crippen LogP contribution in [0.25, 0.3) is 22.2 Å². The van der Waals surface area contributed by atoms with E-state index < -0.39 is 28.8 Å². The third-order valence-electron chi connectivity index (χ3n) is 4.95. The van der Waals surface area contributed by atoms with E-state index in [0.29, 0.717) is 0 Å². The lowest BCUT2D eigenvalue weighted by molar-refractivity contribution is 0.0694. The molecule has 2 N–H and O–H groups in total. The van der Waals surface area contributed by atoms with E-state index in [1.54, 1.807) is 0 Å². The molecule has 2 heterocycles. The number of carboxylic acid groups (broad SMARTS) is 1. The number of fused-ring (bicyclic) bond motifs is 1. The van der Waals surface area contributed by atoms with Crippen molar-refractivity contribution in [2.45, 2.75) is 19.9 Å². The van der Waals surface area contributed by atoms with Gasteiger partial charge in [0.2, 0.25) is 11.3 Å². The minimum absolute atomic E-state index is 0.0281. The fourth-order valence-electron chi connectivity index (χ4n) is 3.34. The van der Waals surface area contributed by atoms with Crippen LogP contribution in [0.3, 0.4) is 0 Å². The number of carboxylic acids is 1. The zero-order valence-corrected chi connectivity index (χ0v) is 17.3. The van der Waals surface area contributed by atoms with Crippen LogP contribution < -0.4 is 10.2 Å². The summed E-state index contributed by atoms with van der Waals surface area (Å²) in [6, 6.07) is 5.17. The van der Waals surface area contributed by atoms with Crippen LogP contribution in [0.15, 0.2) is 35.3 Å². The van der Waals surface area contributed by atoms with Gasteiger partial charge in [-0.1, -0.05) is 37.6 Å². The molecule has 7 nitrogen and oxygen atoms in total. The Morgan fingerprint density at radius 3 is 2.60 bits per heavy atom. The molecule has 0 radical (unpaired) electrons. The van der Waals surface area contributed by atoms with E-state index in [-0.39, 0.29) is 45.6 Å². The average Bonchev–Trinajstić information content (AvgIpc) is 2.71. The Hall–Kier alpha value is -2.97. The summed E-state index contributed by atoms with van der Waals surface area (Å²) in [5.41, 5.74) is -0.913. The molecule has 1 atom stereocenters. The van der Waals surface area contributed by atoms with E-state index in [2.05, 4.69) is 4.98 Å². The van der Waals surface area contributed by atoms with E-state index in [1.165, 1.54) is 42.1 Å². The van der Waals surface area contributed by atoms with Crippen LogP contribution in [0.1, 0.15) is 30.2 Å². The first-order chi connectivity index (χ1) is 14.2. The van der Waals surface area contributed by atoms with Crippen molar-refractivity contribution in [2.75, 3.05) is 13.7 Å². The van der Waals surface area contributed by atoms with Crippen molar-refractivity contribution in [2.24, 2.45) is 5.92 Å². The van der Waals surface area contributed by atoms with Gasteiger partial charge >= 0.3 is 5.97 Å². The third kappa shape index (κ3) is 3.64. The van der Waals surface area contributed by atoms with Crippen LogP contribution >= 0.6 is 11.6 Å². The number of hydrogen-bond donors (Lipinski definition) is 2. The molecule has 158 valence electrons. The molecule has 2 aromatic heterocycles. The molecule has 0 fully saturated rings. The number of ether oxygens (including phenoxy) is 1. The molecule has 0 aliphatic carbocycles. The Bertz CT molecular complexity index is 1190. The van der Waals surface area contributed by atoms with Crippen molar-refractivity contribution in [3.05, 3.63) is 57.1 Å². The fraction of sp³-hybridized carbons (Fsp3) is 0.286. The number of aliphatic hydroxyl groups excluding tert-OH is 1. The summed E-state index contributed by atoms with van der Waals surface area (Å²) < 4.78 is 21.4. The van der Waals surface area contributed by atoms with Gasteiger partial charge in [-0.3, -0.25) is 4.79 Å². The summed E-state index contributed by atoms with van der Waals surface area (Å²) >= 11 is 5.89. The second kappa shape index (κ2) is 8.41. The summed E-state index contributed by atoms with van der Waals surface area (Å²) in [6.45, 7) is 3.39. The lowest BCUT2D eigenvalue weighted by atomic mass is 10.0. The van der Waals surface area contributed by atoms with Gasteiger partial charge in [-0.05, 0) is 18.1 Å². The molecule has 3 rings (SSSR count). The first kappa shape index (κ1) is 21.7. The lowest BCUT2D eigenvalue weighted by Crippen LogP contribution is -2.26. The highest BCUT2D eigenvalue weighted by atomic mass is 35.5. The molecule has 0 saturated heterocycles. The maximum atomic E-state index is 14.7. The highest BCUT2D eigenvalue weighted by molar-refractivity contribution is 6.31. The lowest BCUT2D eigenvalue weighted by Gasteiger charge is -2.24. The summed E-state index contributed by atoms with van der Waals surface area (Å²) in [5, 5.41) is 19.2. The van der Waals surface area contributed by atoms with E-state index in [1.807, 2.05) is 13.8 Å². The largest absolute Gasteiger partial charge is 0.480 e. The van der Waals surface area contributed by atoms with Crippen LogP contribution in [-0.2, 0) is 0 Å². The minimum atomic E-state index is -1.41. The van der Waals surface area contributed by atoms with Crippen molar-refractivity contribution >= 4 is 28.6 Å². The SMILES string of the molecule is COc1nc2c(cc1-c1cccc(Cl)c1F)c(=O)c(C(=O)O)cn2[C@H](CO)C(C)C. The monoisotopic (exact) mass is 434 g/mol. The Kier molecular flexibility index (Phi) is 6.09. The van der Waals surface area contributed by atoms with E-state index >= 15 is 0 Å². The number of rotatable bonds is 6. The van der Waals surface area contributed by atoms with Crippen LogP contribution in [-0.4, -0.2) is 39.5 Å². The number of nitrogens with zero attached hydrogens (tertiary/aromatic N) is 2. The fourth-order valence-corrected chi connectivity index (χ4v) is 3.52.